The lowest BCUT2D eigenvalue weighted by molar-refractivity contribution is 0.0750. The van der Waals surface area contributed by atoms with Crippen molar-refractivity contribution in [1.29, 1.82) is 0 Å². The van der Waals surface area contributed by atoms with Crippen LogP contribution in [0.2, 0.25) is 0 Å². The van der Waals surface area contributed by atoms with Gasteiger partial charge in [0.15, 0.2) is 0 Å². The molecule has 0 saturated carbocycles. The van der Waals surface area contributed by atoms with Crippen LogP contribution in [0.1, 0.15) is 51.6 Å². The summed E-state index contributed by atoms with van der Waals surface area (Å²) in [6, 6.07) is 10.1. The quantitative estimate of drug-likeness (QED) is 0.448. The highest BCUT2D eigenvalue weighted by Gasteiger charge is 2.30. The van der Waals surface area contributed by atoms with Crippen LogP contribution in [0.15, 0.2) is 35.1 Å². The Balaban J connectivity index is 1.27. The molecular formula is C28H30N6O4. The summed E-state index contributed by atoms with van der Waals surface area (Å²) in [5.41, 5.74) is 6.43. The van der Waals surface area contributed by atoms with E-state index < -0.39 is 0 Å². The number of amides is 1. The Morgan fingerprint density at radius 2 is 1.82 bits per heavy atom. The third kappa shape index (κ3) is 3.78. The minimum Gasteiger partial charge on any atom is -0.381 e. The van der Waals surface area contributed by atoms with E-state index in [1.165, 1.54) is 16.8 Å². The van der Waals surface area contributed by atoms with E-state index >= 15 is 0 Å². The minimum absolute atomic E-state index is 0.0198. The van der Waals surface area contributed by atoms with E-state index in [2.05, 4.69) is 38.3 Å². The van der Waals surface area contributed by atoms with Crippen molar-refractivity contribution in [2.75, 3.05) is 44.4 Å². The molecule has 0 atom stereocenters. The first-order valence-corrected chi connectivity index (χ1v) is 13.3. The Bertz CT molecular complexity index is 1610. The summed E-state index contributed by atoms with van der Waals surface area (Å²) >= 11 is 0. The first-order chi connectivity index (χ1) is 18.6. The number of nitrogens with one attached hydrogen (secondary N) is 1. The average Bonchev–Trinajstić information content (AvgIpc) is 3.59. The number of benzene rings is 2. The van der Waals surface area contributed by atoms with Crippen LogP contribution in [-0.4, -0.2) is 69.9 Å². The van der Waals surface area contributed by atoms with E-state index in [4.69, 9.17) is 9.47 Å². The maximum Gasteiger partial charge on any atom is 0.294 e. The van der Waals surface area contributed by atoms with Crippen molar-refractivity contribution in [3.8, 4) is 0 Å². The number of fused-ring (bicyclic) bond motifs is 4. The summed E-state index contributed by atoms with van der Waals surface area (Å²) in [6.45, 7) is 7.54. The fraction of sp³-hybridized carbons (Fsp3) is 0.429. The van der Waals surface area contributed by atoms with Crippen molar-refractivity contribution >= 4 is 28.3 Å². The standard InChI is InChI=1S/C28H30N6O4/c1-17-13-22-24(34-25(18-5-9-37-10-6-18)30-31-26(34)27(35)29-22)14-20(17)28(36)33-15-19-3-2-4-23(21(19)16-33)32-7-11-38-12-8-32/h2-4,13-14,18H,5-12,15-16H2,1H3,(H,29,35). The van der Waals surface area contributed by atoms with Gasteiger partial charge in [-0.2, -0.15) is 0 Å². The second-order valence-corrected chi connectivity index (χ2v) is 10.4. The van der Waals surface area contributed by atoms with Gasteiger partial charge in [-0.15, -0.1) is 10.2 Å². The van der Waals surface area contributed by atoms with Crippen molar-refractivity contribution < 1.29 is 14.3 Å². The number of hydrogen-bond donors (Lipinski definition) is 1. The Kier molecular flexibility index (Phi) is 5.66. The van der Waals surface area contributed by atoms with Gasteiger partial charge in [-0.1, -0.05) is 12.1 Å². The van der Waals surface area contributed by atoms with Gasteiger partial charge in [-0.05, 0) is 54.7 Å². The highest BCUT2D eigenvalue weighted by atomic mass is 16.5. The number of nitrogens with zero attached hydrogens (tertiary/aromatic N) is 5. The molecule has 2 fully saturated rings. The molecule has 196 valence electrons. The summed E-state index contributed by atoms with van der Waals surface area (Å²) in [5, 5.41) is 8.63. The zero-order valence-corrected chi connectivity index (χ0v) is 21.4. The number of anilines is 1. The highest BCUT2D eigenvalue weighted by molar-refractivity contribution is 5.99. The van der Waals surface area contributed by atoms with E-state index in [0.717, 1.165) is 56.0 Å². The molecule has 0 aliphatic carbocycles. The Morgan fingerprint density at radius 1 is 1.03 bits per heavy atom. The van der Waals surface area contributed by atoms with Crippen LogP contribution in [0, 0.1) is 6.92 Å². The van der Waals surface area contributed by atoms with Crippen LogP contribution in [0.25, 0.3) is 16.7 Å². The molecule has 3 aliphatic heterocycles. The van der Waals surface area contributed by atoms with Gasteiger partial charge in [0.05, 0.1) is 24.2 Å². The third-order valence-electron chi connectivity index (χ3n) is 8.14. The van der Waals surface area contributed by atoms with Gasteiger partial charge in [-0.25, -0.2) is 0 Å². The molecule has 0 radical (unpaired) electrons. The monoisotopic (exact) mass is 514 g/mol. The lowest BCUT2D eigenvalue weighted by atomic mass is 9.99. The summed E-state index contributed by atoms with van der Waals surface area (Å²) in [7, 11) is 0. The predicted molar refractivity (Wildman–Crippen MR) is 142 cm³/mol. The zero-order valence-electron chi connectivity index (χ0n) is 21.4. The van der Waals surface area contributed by atoms with Crippen LogP contribution in [-0.2, 0) is 22.6 Å². The molecule has 5 heterocycles. The molecule has 10 heteroatoms. The van der Waals surface area contributed by atoms with E-state index in [1.807, 2.05) is 28.4 Å². The van der Waals surface area contributed by atoms with Gasteiger partial charge in [0, 0.05) is 56.6 Å². The van der Waals surface area contributed by atoms with Gasteiger partial charge < -0.3 is 24.3 Å². The number of carbonyl (C=O) groups is 1. The molecule has 10 nitrogen and oxygen atoms in total. The molecule has 4 aromatic rings. The van der Waals surface area contributed by atoms with Crippen molar-refractivity contribution in [3.05, 3.63) is 68.8 Å². The van der Waals surface area contributed by atoms with Crippen LogP contribution < -0.4 is 10.5 Å². The molecule has 38 heavy (non-hydrogen) atoms. The summed E-state index contributed by atoms with van der Waals surface area (Å²) in [4.78, 5) is 34.0. The molecule has 0 bridgehead atoms. The Hall–Kier alpha value is -3.76. The van der Waals surface area contributed by atoms with Crippen molar-refractivity contribution in [1.82, 2.24) is 24.5 Å². The molecule has 1 N–H and O–H groups in total. The van der Waals surface area contributed by atoms with Gasteiger partial charge in [0.1, 0.15) is 5.82 Å². The first kappa shape index (κ1) is 23.4. The second kappa shape index (κ2) is 9.21. The van der Waals surface area contributed by atoms with Crippen molar-refractivity contribution in [3.63, 3.8) is 0 Å². The molecule has 2 aromatic carbocycles. The lowest BCUT2D eigenvalue weighted by Gasteiger charge is -2.30. The van der Waals surface area contributed by atoms with Crippen molar-refractivity contribution in [2.45, 2.75) is 38.8 Å². The van der Waals surface area contributed by atoms with Crippen LogP contribution in [0.3, 0.4) is 0 Å². The number of morpholine rings is 1. The first-order valence-electron chi connectivity index (χ1n) is 13.3. The van der Waals surface area contributed by atoms with Crippen LogP contribution in [0.5, 0.6) is 0 Å². The lowest BCUT2D eigenvalue weighted by Crippen LogP contribution is -2.37. The van der Waals surface area contributed by atoms with Gasteiger partial charge in [-0.3, -0.25) is 14.0 Å². The largest absolute Gasteiger partial charge is 0.381 e. The topological polar surface area (TPSA) is 105 Å². The van der Waals surface area contributed by atoms with Crippen LogP contribution >= 0.6 is 0 Å². The number of aromatic amines is 1. The molecule has 0 spiro atoms. The molecule has 0 unspecified atom stereocenters. The fourth-order valence-electron chi connectivity index (χ4n) is 6.11. The van der Waals surface area contributed by atoms with E-state index in [0.29, 0.717) is 37.4 Å². The minimum atomic E-state index is -0.285. The number of ether oxygens (including phenoxy) is 2. The maximum atomic E-state index is 14.0. The van der Waals surface area contributed by atoms with E-state index in [9.17, 15) is 9.59 Å². The second-order valence-electron chi connectivity index (χ2n) is 10.4. The Labute approximate surface area is 219 Å². The number of carbonyl (C=O) groups excluding carboxylic acids is 1. The Morgan fingerprint density at radius 3 is 2.63 bits per heavy atom. The molecule has 7 rings (SSSR count). The van der Waals surface area contributed by atoms with Crippen molar-refractivity contribution in [2.24, 2.45) is 0 Å². The summed E-state index contributed by atoms with van der Waals surface area (Å²) in [6.07, 6.45) is 1.65. The number of hydrogen-bond acceptors (Lipinski definition) is 7. The third-order valence-corrected chi connectivity index (χ3v) is 8.14. The summed E-state index contributed by atoms with van der Waals surface area (Å²) in [5.74, 6) is 0.884. The van der Waals surface area contributed by atoms with E-state index in [-0.39, 0.29) is 23.0 Å². The molecular weight excluding hydrogens is 484 g/mol. The van der Waals surface area contributed by atoms with Crippen LogP contribution in [0.4, 0.5) is 5.69 Å². The molecule has 2 saturated heterocycles. The molecule has 2 aromatic heterocycles. The zero-order chi connectivity index (χ0) is 25.8. The van der Waals surface area contributed by atoms with Gasteiger partial charge in [0.25, 0.3) is 11.5 Å². The summed E-state index contributed by atoms with van der Waals surface area (Å²) < 4.78 is 12.9. The number of aryl methyl sites for hydroxylation is 1. The average molecular weight is 515 g/mol. The molecule has 3 aliphatic rings. The number of H-pyrrole nitrogens is 1. The predicted octanol–water partition coefficient (Wildman–Crippen LogP) is 2.77. The van der Waals surface area contributed by atoms with E-state index in [1.54, 1.807) is 0 Å². The van der Waals surface area contributed by atoms with Gasteiger partial charge in [0.2, 0.25) is 5.65 Å². The highest BCUT2D eigenvalue weighted by Crippen LogP contribution is 2.34. The fourth-order valence-corrected chi connectivity index (χ4v) is 6.11. The number of rotatable bonds is 3. The number of aromatic nitrogens is 4. The van der Waals surface area contributed by atoms with Gasteiger partial charge >= 0.3 is 0 Å². The SMILES string of the molecule is Cc1cc2[nH]c(=O)c3nnc(C4CCOCC4)n3c2cc1C(=O)N1Cc2cccc(N3CCOCC3)c2C1. The maximum absolute atomic E-state index is 14.0. The molecule has 1 amide bonds. The normalized spacial score (nSPS) is 18.4. The smallest absolute Gasteiger partial charge is 0.294 e.